The number of aromatic nitrogens is 1. The molecule has 2 rings (SSSR count). The first-order valence-electron chi connectivity index (χ1n) is 6.78. The highest BCUT2D eigenvalue weighted by Gasteiger charge is 2.12. The number of rotatable bonds is 5. The van der Waals surface area contributed by atoms with Gasteiger partial charge < -0.3 is 10.6 Å². The number of carbonyl (C=O) groups excluding carboxylic acids is 2. The lowest BCUT2D eigenvalue weighted by Crippen LogP contribution is -2.23. The highest BCUT2D eigenvalue weighted by molar-refractivity contribution is 7.09. The van der Waals surface area contributed by atoms with Crippen LogP contribution in [0.2, 0.25) is 5.02 Å². The van der Waals surface area contributed by atoms with Crippen LogP contribution in [0.1, 0.15) is 28.0 Å². The van der Waals surface area contributed by atoms with Crippen LogP contribution < -0.4 is 10.6 Å². The van der Waals surface area contributed by atoms with Gasteiger partial charge in [-0.1, -0.05) is 11.6 Å². The highest BCUT2D eigenvalue weighted by Crippen LogP contribution is 2.21. The van der Waals surface area contributed by atoms with Crippen molar-refractivity contribution < 1.29 is 9.59 Å². The molecule has 0 radical (unpaired) electrons. The third kappa shape index (κ3) is 4.29. The summed E-state index contributed by atoms with van der Waals surface area (Å²) in [6.07, 6.45) is 0.208. The van der Waals surface area contributed by atoms with Crippen LogP contribution in [-0.4, -0.2) is 23.3 Å². The number of hydrogen-bond donors (Lipinski definition) is 2. The highest BCUT2D eigenvalue weighted by atomic mass is 35.5. The first-order valence-corrected chi connectivity index (χ1v) is 8.04. The van der Waals surface area contributed by atoms with E-state index in [2.05, 4.69) is 15.6 Å². The molecule has 22 heavy (non-hydrogen) atoms. The molecule has 1 aromatic carbocycles. The van der Waals surface area contributed by atoms with E-state index < -0.39 is 0 Å². The van der Waals surface area contributed by atoms with Crippen molar-refractivity contribution in [2.45, 2.75) is 20.3 Å². The van der Waals surface area contributed by atoms with Gasteiger partial charge >= 0.3 is 0 Å². The lowest BCUT2D eigenvalue weighted by Gasteiger charge is -2.08. The van der Waals surface area contributed by atoms with E-state index in [1.165, 1.54) is 11.3 Å². The van der Waals surface area contributed by atoms with E-state index in [0.717, 1.165) is 10.7 Å². The van der Waals surface area contributed by atoms with Crippen molar-refractivity contribution >= 4 is 40.4 Å². The van der Waals surface area contributed by atoms with Crippen LogP contribution in [-0.2, 0) is 11.2 Å². The molecule has 0 spiro atoms. The predicted octanol–water partition coefficient (Wildman–Crippen LogP) is 3.04. The second-order valence-corrected chi connectivity index (χ2v) is 6.11. The number of hydrogen-bond acceptors (Lipinski definition) is 4. The minimum absolute atomic E-state index is 0.174. The summed E-state index contributed by atoms with van der Waals surface area (Å²) in [5, 5.41) is 8.52. The Hall–Kier alpha value is -1.92. The molecule has 0 fully saturated rings. The third-order valence-electron chi connectivity index (χ3n) is 2.84. The smallest absolute Gasteiger partial charge is 0.252 e. The van der Waals surface area contributed by atoms with E-state index in [4.69, 9.17) is 11.6 Å². The summed E-state index contributed by atoms with van der Waals surface area (Å²) >= 11 is 7.59. The van der Waals surface area contributed by atoms with Gasteiger partial charge in [0.05, 0.1) is 27.7 Å². The van der Waals surface area contributed by atoms with E-state index in [0.29, 0.717) is 22.8 Å². The van der Waals surface area contributed by atoms with Gasteiger partial charge in [-0.2, -0.15) is 0 Å². The molecule has 7 heteroatoms. The summed E-state index contributed by atoms with van der Waals surface area (Å²) in [5.41, 5.74) is 1.68. The molecule has 2 amide bonds. The van der Waals surface area contributed by atoms with Crippen LogP contribution in [0.3, 0.4) is 0 Å². The number of halogens is 1. The predicted molar refractivity (Wildman–Crippen MR) is 88.6 cm³/mol. The first kappa shape index (κ1) is 16.5. The van der Waals surface area contributed by atoms with E-state index >= 15 is 0 Å². The number of carbonyl (C=O) groups is 2. The Morgan fingerprint density at radius 1 is 1.36 bits per heavy atom. The third-order valence-corrected chi connectivity index (χ3v) is 3.98. The zero-order valence-corrected chi connectivity index (χ0v) is 13.8. The van der Waals surface area contributed by atoms with Gasteiger partial charge in [0.25, 0.3) is 5.91 Å². The monoisotopic (exact) mass is 337 g/mol. The Labute approximate surface area is 137 Å². The molecule has 2 aromatic rings. The zero-order valence-electron chi connectivity index (χ0n) is 12.3. The number of anilines is 1. The molecule has 1 aromatic heterocycles. The Morgan fingerprint density at radius 3 is 2.73 bits per heavy atom. The molecule has 0 saturated carbocycles. The summed E-state index contributed by atoms with van der Waals surface area (Å²) in [7, 11) is 0. The van der Waals surface area contributed by atoms with Crippen LogP contribution in [0.15, 0.2) is 23.6 Å². The molecule has 5 nitrogen and oxygen atoms in total. The standard InChI is InChI=1S/C15H16ClN3O2S/c1-3-17-15(21)12-5-4-10(6-13(12)16)19-14(20)7-11-8-22-9(2)18-11/h4-6,8H,3,7H2,1-2H3,(H,17,21)(H,19,20). The molecule has 0 aliphatic rings. The van der Waals surface area contributed by atoms with Crippen LogP contribution in [0.5, 0.6) is 0 Å². The SMILES string of the molecule is CCNC(=O)c1ccc(NC(=O)Cc2csc(C)n2)cc1Cl. The Morgan fingerprint density at radius 2 is 2.14 bits per heavy atom. The Bertz CT molecular complexity index is 700. The lowest BCUT2D eigenvalue weighted by molar-refractivity contribution is -0.115. The lowest BCUT2D eigenvalue weighted by atomic mass is 10.2. The van der Waals surface area contributed by atoms with E-state index in [-0.39, 0.29) is 18.2 Å². The number of thiazole rings is 1. The van der Waals surface area contributed by atoms with Crippen LogP contribution in [0, 0.1) is 6.92 Å². The average molecular weight is 338 g/mol. The normalized spacial score (nSPS) is 10.3. The second-order valence-electron chi connectivity index (χ2n) is 4.64. The van der Waals surface area contributed by atoms with Crippen LogP contribution in [0.4, 0.5) is 5.69 Å². The van der Waals surface area contributed by atoms with Gasteiger partial charge in [0, 0.05) is 17.6 Å². The second kappa shape index (κ2) is 7.38. The summed E-state index contributed by atoms with van der Waals surface area (Å²) in [6.45, 7) is 4.26. The zero-order chi connectivity index (χ0) is 16.1. The van der Waals surface area contributed by atoms with Crippen molar-refractivity contribution in [3.05, 3.63) is 44.9 Å². The van der Waals surface area contributed by atoms with Crippen molar-refractivity contribution in [2.75, 3.05) is 11.9 Å². The maximum absolute atomic E-state index is 12.0. The number of aryl methyl sites for hydroxylation is 1. The molecule has 0 unspecified atom stereocenters. The fourth-order valence-electron chi connectivity index (χ4n) is 1.89. The number of benzene rings is 1. The fourth-order valence-corrected chi connectivity index (χ4v) is 2.77. The number of amides is 2. The Kier molecular flexibility index (Phi) is 5.51. The minimum Gasteiger partial charge on any atom is -0.352 e. The van der Waals surface area contributed by atoms with Gasteiger partial charge in [-0.05, 0) is 32.0 Å². The van der Waals surface area contributed by atoms with Crippen LogP contribution >= 0.6 is 22.9 Å². The van der Waals surface area contributed by atoms with Gasteiger partial charge in [-0.3, -0.25) is 9.59 Å². The van der Waals surface area contributed by atoms with Crippen molar-refractivity contribution in [1.82, 2.24) is 10.3 Å². The summed E-state index contributed by atoms with van der Waals surface area (Å²) in [6, 6.07) is 4.81. The summed E-state index contributed by atoms with van der Waals surface area (Å²) in [4.78, 5) is 28.0. The average Bonchev–Trinajstić information content (AvgIpc) is 2.84. The van der Waals surface area contributed by atoms with Gasteiger partial charge in [0.15, 0.2) is 0 Å². The first-order chi connectivity index (χ1) is 10.5. The largest absolute Gasteiger partial charge is 0.352 e. The molecular formula is C15H16ClN3O2S. The molecule has 0 aliphatic carbocycles. The minimum atomic E-state index is -0.233. The van der Waals surface area contributed by atoms with Crippen molar-refractivity contribution in [3.8, 4) is 0 Å². The molecule has 0 saturated heterocycles. The quantitative estimate of drug-likeness (QED) is 0.881. The van der Waals surface area contributed by atoms with Gasteiger partial charge in [0.1, 0.15) is 0 Å². The molecule has 116 valence electrons. The maximum atomic E-state index is 12.0. The van der Waals surface area contributed by atoms with E-state index in [1.54, 1.807) is 18.2 Å². The van der Waals surface area contributed by atoms with Gasteiger partial charge in [-0.15, -0.1) is 11.3 Å². The number of nitrogens with one attached hydrogen (secondary N) is 2. The van der Waals surface area contributed by atoms with Gasteiger partial charge in [0.2, 0.25) is 5.91 Å². The molecular weight excluding hydrogens is 322 g/mol. The Balaban J connectivity index is 2.02. The van der Waals surface area contributed by atoms with Gasteiger partial charge in [-0.25, -0.2) is 4.98 Å². The maximum Gasteiger partial charge on any atom is 0.252 e. The van der Waals surface area contributed by atoms with E-state index in [9.17, 15) is 9.59 Å². The fraction of sp³-hybridized carbons (Fsp3) is 0.267. The van der Waals surface area contributed by atoms with Crippen LogP contribution in [0.25, 0.3) is 0 Å². The summed E-state index contributed by atoms with van der Waals surface area (Å²) in [5.74, 6) is -0.407. The van der Waals surface area contributed by atoms with Crippen molar-refractivity contribution in [2.24, 2.45) is 0 Å². The topological polar surface area (TPSA) is 71.1 Å². The number of nitrogens with zero attached hydrogens (tertiary/aromatic N) is 1. The molecule has 2 N–H and O–H groups in total. The molecule has 0 aliphatic heterocycles. The van der Waals surface area contributed by atoms with E-state index in [1.807, 2.05) is 19.2 Å². The van der Waals surface area contributed by atoms with Crippen molar-refractivity contribution in [1.29, 1.82) is 0 Å². The molecule has 0 atom stereocenters. The van der Waals surface area contributed by atoms with Crippen molar-refractivity contribution in [3.63, 3.8) is 0 Å². The summed E-state index contributed by atoms with van der Waals surface area (Å²) < 4.78 is 0. The molecule has 1 heterocycles. The molecule has 0 bridgehead atoms.